The maximum Gasteiger partial charge on any atom is 0.326 e. The first kappa shape index (κ1) is 13.0. The van der Waals surface area contributed by atoms with E-state index in [2.05, 4.69) is 0 Å². The van der Waals surface area contributed by atoms with Crippen molar-refractivity contribution in [1.29, 1.82) is 0 Å². The van der Waals surface area contributed by atoms with E-state index >= 15 is 0 Å². The number of rotatable bonds is 4. The second-order valence-corrected chi connectivity index (χ2v) is 4.59. The molecule has 0 aromatic carbocycles. The second-order valence-electron chi connectivity index (χ2n) is 4.59. The number of likely N-dealkylation sites (tertiary alicyclic amines) is 1. The Morgan fingerprint density at radius 1 is 1.44 bits per heavy atom. The van der Waals surface area contributed by atoms with Crippen molar-refractivity contribution in [3.8, 4) is 0 Å². The van der Waals surface area contributed by atoms with Crippen LogP contribution in [-0.4, -0.2) is 34.5 Å². The summed E-state index contributed by atoms with van der Waals surface area (Å²) in [4.78, 5) is 24.6. The molecule has 1 fully saturated rings. The third-order valence-corrected chi connectivity index (χ3v) is 3.25. The number of piperidine rings is 1. The smallest absolute Gasteiger partial charge is 0.326 e. The van der Waals surface area contributed by atoms with Gasteiger partial charge in [-0.2, -0.15) is 0 Å². The van der Waals surface area contributed by atoms with E-state index in [1.165, 1.54) is 0 Å². The normalized spacial score (nSPS) is 25.5. The molecular weight excluding hydrogens is 206 g/mol. The first-order valence-electron chi connectivity index (χ1n) is 6.10. The summed E-state index contributed by atoms with van der Waals surface area (Å²) in [6.07, 6.45) is 4.10. The van der Waals surface area contributed by atoms with Crippen molar-refractivity contribution in [2.45, 2.75) is 52.0 Å². The number of hydrogen-bond acceptors (Lipinski definition) is 2. The maximum atomic E-state index is 11.9. The Hall–Kier alpha value is -1.06. The lowest BCUT2D eigenvalue weighted by Crippen LogP contribution is -2.51. The van der Waals surface area contributed by atoms with Gasteiger partial charge in [-0.05, 0) is 25.2 Å². The van der Waals surface area contributed by atoms with E-state index in [1.807, 2.05) is 13.8 Å². The fraction of sp³-hybridized carbons (Fsp3) is 0.833. The predicted molar refractivity (Wildman–Crippen MR) is 61.1 cm³/mol. The lowest BCUT2D eigenvalue weighted by Gasteiger charge is -2.37. The molecule has 1 N–H and O–H groups in total. The number of hydrogen-bond donors (Lipinski definition) is 1. The first-order chi connectivity index (χ1) is 7.57. The van der Waals surface area contributed by atoms with E-state index < -0.39 is 12.0 Å². The van der Waals surface area contributed by atoms with Crippen molar-refractivity contribution < 1.29 is 14.7 Å². The van der Waals surface area contributed by atoms with E-state index in [9.17, 15) is 9.59 Å². The quantitative estimate of drug-likeness (QED) is 0.797. The van der Waals surface area contributed by atoms with Crippen LogP contribution < -0.4 is 0 Å². The number of nitrogens with zero attached hydrogens (tertiary/aromatic N) is 1. The third kappa shape index (κ3) is 2.97. The molecular formula is C12H21NO3. The van der Waals surface area contributed by atoms with Gasteiger partial charge in [0.1, 0.15) is 6.04 Å². The number of amides is 1. The average Bonchev–Trinajstić information content (AvgIpc) is 2.24. The van der Waals surface area contributed by atoms with Gasteiger partial charge in [-0.3, -0.25) is 4.79 Å². The zero-order valence-corrected chi connectivity index (χ0v) is 10.1. The minimum absolute atomic E-state index is 0.000741. The van der Waals surface area contributed by atoms with Gasteiger partial charge in [0, 0.05) is 13.0 Å². The molecule has 1 amide bonds. The Kier molecular flexibility index (Phi) is 4.77. The molecule has 0 aromatic rings. The van der Waals surface area contributed by atoms with Crippen molar-refractivity contribution in [1.82, 2.24) is 4.90 Å². The second kappa shape index (κ2) is 5.87. The Morgan fingerprint density at radius 3 is 2.69 bits per heavy atom. The zero-order valence-electron chi connectivity index (χ0n) is 10.1. The van der Waals surface area contributed by atoms with E-state index in [-0.39, 0.29) is 11.8 Å². The molecule has 0 aliphatic carbocycles. The number of carbonyl (C=O) groups is 2. The zero-order chi connectivity index (χ0) is 12.1. The van der Waals surface area contributed by atoms with Crippen LogP contribution in [0.25, 0.3) is 0 Å². The van der Waals surface area contributed by atoms with Gasteiger partial charge in [-0.1, -0.05) is 20.3 Å². The van der Waals surface area contributed by atoms with Gasteiger partial charge in [-0.25, -0.2) is 4.79 Å². The molecule has 4 heteroatoms. The highest BCUT2D eigenvalue weighted by Gasteiger charge is 2.36. The Balaban J connectivity index is 2.67. The van der Waals surface area contributed by atoms with E-state index in [0.717, 1.165) is 25.7 Å². The fourth-order valence-corrected chi connectivity index (χ4v) is 2.32. The molecule has 0 spiro atoms. The number of carboxylic acid groups (broad SMARTS) is 1. The highest BCUT2D eigenvalue weighted by molar-refractivity contribution is 5.84. The molecule has 0 aromatic heterocycles. The first-order valence-corrected chi connectivity index (χ1v) is 6.10. The lowest BCUT2D eigenvalue weighted by atomic mass is 9.90. The number of aliphatic carboxylic acids is 1. The standard InChI is InChI=1S/C12H21NO3/c1-3-4-7-10(14)13-8-5-6-9(2)11(13)12(15)16/h9,11H,3-8H2,1-2H3,(H,15,16). The van der Waals surface area contributed by atoms with Gasteiger partial charge in [0.15, 0.2) is 0 Å². The summed E-state index contributed by atoms with van der Waals surface area (Å²) in [5, 5.41) is 9.16. The highest BCUT2D eigenvalue weighted by Crippen LogP contribution is 2.24. The van der Waals surface area contributed by atoms with E-state index in [1.54, 1.807) is 4.90 Å². The summed E-state index contributed by atoms with van der Waals surface area (Å²) in [7, 11) is 0. The number of unbranched alkanes of at least 4 members (excludes halogenated alkanes) is 1. The minimum atomic E-state index is -0.864. The molecule has 2 unspecified atom stereocenters. The SMILES string of the molecule is CCCCC(=O)N1CCCC(C)C1C(=O)O. The van der Waals surface area contributed by atoms with Gasteiger partial charge >= 0.3 is 5.97 Å². The van der Waals surface area contributed by atoms with Gasteiger partial charge in [0.25, 0.3) is 0 Å². The summed E-state index contributed by atoms with van der Waals surface area (Å²) >= 11 is 0. The van der Waals surface area contributed by atoms with Crippen molar-refractivity contribution in [3.63, 3.8) is 0 Å². The molecule has 4 nitrogen and oxygen atoms in total. The Labute approximate surface area is 96.6 Å². The van der Waals surface area contributed by atoms with Gasteiger partial charge in [-0.15, -0.1) is 0 Å². The van der Waals surface area contributed by atoms with Crippen LogP contribution in [0, 0.1) is 5.92 Å². The van der Waals surface area contributed by atoms with Gasteiger partial charge in [0.05, 0.1) is 0 Å². The number of carbonyl (C=O) groups excluding carboxylic acids is 1. The van der Waals surface area contributed by atoms with Crippen molar-refractivity contribution >= 4 is 11.9 Å². The average molecular weight is 227 g/mol. The van der Waals surface area contributed by atoms with Crippen molar-refractivity contribution in [2.75, 3.05) is 6.54 Å². The Morgan fingerprint density at radius 2 is 2.12 bits per heavy atom. The van der Waals surface area contributed by atoms with Crippen LogP contribution in [0.2, 0.25) is 0 Å². The van der Waals surface area contributed by atoms with Crippen molar-refractivity contribution in [2.24, 2.45) is 5.92 Å². The van der Waals surface area contributed by atoms with Crippen LogP contribution >= 0.6 is 0 Å². The molecule has 1 aliphatic rings. The summed E-state index contributed by atoms with van der Waals surface area (Å²) < 4.78 is 0. The molecule has 16 heavy (non-hydrogen) atoms. The van der Waals surface area contributed by atoms with Gasteiger partial charge < -0.3 is 10.0 Å². The molecule has 0 saturated carbocycles. The van der Waals surface area contributed by atoms with Crippen LogP contribution in [0.1, 0.15) is 46.0 Å². The van der Waals surface area contributed by atoms with Gasteiger partial charge in [0.2, 0.25) is 5.91 Å². The monoisotopic (exact) mass is 227 g/mol. The van der Waals surface area contributed by atoms with Crippen LogP contribution in [0.4, 0.5) is 0 Å². The maximum absolute atomic E-state index is 11.9. The van der Waals surface area contributed by atoms with E-state index in [0.29, 0.717) is 13.0 Å². The molecule has 1 aliphatic heterocycles. The summed E-state index contributed by atoms with van der Waals surface area (Å²) in [5.41, 5.74) is 0. The third-order valence-electron chi connectivity index (χ3n) is 3.25. The van der Waals surface area contributed by atoms with Crippen LogP contribution in [0.15, 0.2) is 0 Å². The molecule has 1 heterocycles. The Bertz CT molecular complexity index is 265. The van der Waals surface area contributed by atoms with Crippen LogP contribution in [0.3, 0.4) is 0 Å². The molecule has 1 rings (SSSR count). The largest absolute Gasteiger partial charge is 0.480 e. The highest BCUT2D eigenvalue weighted by atomic mass is 16.4. The molecule has 0 radical (unpaired) electrons. The molecule has 2 atom stereocenters. The topological polar surface area (TPSA) is 57.6 Å². The minimum Gasteiger partial charge on any atom is -0.480 e. The summed E-state index contributed by atoms with van der Waals surface area (Å²) in [6.45, 7) is 4.54. The fourth-order valence-electron chi connectivity index (χ4n) is 2.32. The lowest BCUT2D eigenvalue weighted by molar-refractivity contribution is -0.154. The molecule has 0 bridgehead atoms. The van der Waals surface area contributed by atoms with Crippen LogP contribution in [-0.2, 0) is 9.59 Å². The van der Waals surface area contributed by atoms with E-state index in [4.69, 9.17) is 5.11 Å². The predicted octanol–water partition coefficient (Wildman–Crippen LogP) is 1.89. The summed E-state index contributed by atoms with van der Waals surface area (Å²) in [5.74, 6) is -0.797. The van der Waals surface area contributed by atoms with Crippen molar-refractivity contribution in [3.05, 3.63) is 0 Å². The summed E-state index contributed by atoms with van der Waals surface area (Å²) in [6, 6.07) is -0.613. The molecule has 1 saturated heterocycles. The van der Waals surface area contributed by atoms with Crippen LogP contribution in [0.5, 0.6) is 0 Å². The number of carboxylic acids is 1. The molecule has 92 valence electrons.